The van der Waals surface area contributed by atoms with Gasteiger partial charge in [0.1, 0.15) is 11.4 Å². The second-order valence-corrected chi connectivity index (χ2v) is 6.82. The number of hydrogen-bond donors (Lipinski definition) is 1. The highest BCUT2D eigenvalue weighted by Crippen LogP contribution is 2.35. The summed E-state index contributed by atoms with van der Waals surface area (Å²) in [6, 6.07) is 6.63. The van der Waals surface area contributed by atoms with Gasteiger partial charge < -0.3 is 9.84 Å². The summed E-state index contributed by atoms with van der Waals surface area (Å²) in [5.74, 6) is 1.05. The van der Waals surface area contributed by atoms with Crippen molar-refractivity contribution in [3.63, 3.8) is 0 Å². The zero-order valence-corrected chi connectivity index (χ0v) is 13.1. The third-order valence-electron chi connectivity index (χ3n) is 4.41. The lowest BCUT2D eigenvalue weighted by molar-refractivity contribution is 0.108. The molecule has 1 fully saturated rings. The summed E-state index contributed by atoms with van der Waals surface area (Å²) in [5.41, 5.74) is 2.67. The van der Waals surface area contributed by atoms with Crippen LogP contribution in [0.25, 0.3) is 0 Å². The second kappa shape index (κ2) is 5.95. The maximum Gasteiger partial charge on any atom is 0.123 e. The molecule has 0 aliphatic carbocycles. The lowest BCUT2D eigenvalue weighted by Gasteiger charge is -2.34. The van der Waals surface area contributed by atoms with Gasteiger partial charge in [-0.1, -0.05) is 12.1 Å². The summed E-state index contributed by atoms with van der Waals surface area (Å²) in [6.07, 6.45) is 1.00. The SMILES string of the molecule is CC1(C)Cc2cc(CN3CCN(CCO)CC3)ccc2O1. The molecule has 0 atom stereocenters. The molecule has 2 aliphatic rings. The molecule has 0 bridgehead atoms. The Balaban J connectivity index is 1.58. The zero-order chi connectivity index (χ0) is 14.9. The summed E-state index contributed by atoms with van der Waals surface area (Å²) in [5, 5.41) is 8.98. The van der Waals surface area contributed by atoms with Crippen LogP contribution in [-0.4, -0.2) is 59.8 Å². The third kappa shape index (κ3) is 3.57. The van der Waals surface area contributed by atoms with Gasteiger partial charge in [0, 0.05) is 45.7 Å². The molecule has 3 rings (SSSR count). The van der Waals surface area contributed by atoms with Crippen molar-refractivity contribution in [1.29, 1.82) is 0 Å². The van der Waals surface area contributed by atoms with E-state index in [1.807, 2.05) is 0 Å². The summed E-state index contributed by atoms with van der Waals surface area (Å²) in [7, 11) is 0. The lowest BCUT2D eigenvalue weighted by atomic mass is 10.00. The number of nitrogens with zero attached hydrogens (tertiary/aromatic N) is 2. The number of β-amino-alcohol motifs (C(OH)–C–C–N with tert-alkyl or cyclic N) is 1. The predicted octanol–water partition coefficient (Wildman–Crippen LogP) is 1.51. The van der Waals surface area contributed by atoms with Crippen molar-refractivity contribution in [3.8, 4) is 5.75 Å². The first-order valence-electron chi connectivity index (χ1n) is 7.92. The minimum atomic E-state index is -0.0587. The number of fused-ring (bicyclic) bond motifs is 1. The molecule has 21 heavy (non-hydrogen) atoms. The quantitative estimate of drug-likeness (QED) is 0.912. The van der Waals surface area contributed by atoms with Gasteiger partial charge in [0.15, 0.2) is 0 Å². The Labute approximate surface area is 127 Å². The normalized spacial score (nSPS) is 22.0. The lowest BCUT2D eigenvalue weighted by Crippen LogP contribution is -2.46. The van der Waals surface area contributed by atoms with Crippen LogP contribution >= 0.6 is 0 Å². The highest BCUT2D eigenvalue weighted by molar-refractivity contribution is 5.41. The molecule has 0 radical (unpaired) electrons. The molecule has 2 aliphatic heterocycles. The molecule has 1 aromatic rings. The van der Waals surface area contributed by atoms with Crippen molar-refractivity contribution in [1.82, 2.24) is 9.80 Å². The standard InChI is InChI=1S/C17H26N2O2/c1-17(2)12-15-11-14(3-4-16(15)21-17)13-19-7-5-18(6-8-19)9-10-20/h3-4,11,20H,5-10,12-13H2,1-2H3. The van der Waals surface area contributed by atoms with Gasteiger partial charge in [-0.2, -0.15) is 0 Å². The largest absolute Gasteiger partial charge is 0.487 e. The monoisotopic (exact) mass is 290 g/mol. The first-order valence-corrected chi connectivity index (χ1v) is 7.92. The van der Waals surface area contributed by atoms with Crippen molar-refractivity contribution in [2.24, 2.45) is 0 Å². The fraction of sp³-hybridized carbons (Fsp3) is 0.647. The van der Waals surface area contributed by atoms with Crippen LogP contribution in [0.5, 0.6) is 5.75 Å². The Kier molecular flexibility index (Phi) is 4.20. The van der Waals surface area contributed by atoms with E-state index in [0.29, 0.717) is 0 Å². The molecule has 1 aromatic carbocycles. The fourth-order valence-corrected chi connectivity index (χ4v) is 3.33. The highest BCUT2D eigenvalue weighted by atomic mass is 16.5. The number of ether oxygens (including phenoxy) is 1. The predicted molar refractivity (Wildman–Crippen MR) is 83.7 cm³/mol. The van der Waals surface area contributed by atoms with E-state index in [9.17, 15) is 0 Å². The Morgan fingerprint density at radius 3 is 2.57 bits per heavy atom. The number of aliphatic hydroxyl groups is 1. The summed E-state index contributed by atoms with van der Waals surface area (Å²) in [4.78, 5) is 4.83. The van der Waals surface area contributed by atoms with Gasteiger partial charge in [0.2, 0.25) is 0 Å². The van der Waals surface area contributed by atoms with Crippen LogP contribution in [-0.2, 0) is 13.0 Å². The van der Waals surface area contributed by atoms with Gasteiger partial charge in [0.05, 0.1) is 6.61 Å². The van der Waals surface area contributed by atoms with Crippen LogP contribution in [0.4, 0.5) is 0 Å². The Hall–Kier alpha value is -1.10. The number of rotatable bonds is 4. The molecule has 0 spiro atoms. The van der Waals surface area contributed by atoms with Gasteiger partial charge >= 0.3 is 0 Å². The number of aliphatic hydroxyl groups excluding tert-OH is 1. The molecular formula is C17H26N2O2. The van der Waals surface area contributed by atoms with Crippen LogP contribution in [0.1, 0.15) is 25.0 Å². The first-order chi connectivity index (χ1) is 10.1. The molecule has 0 amide bonds. The third-order valence-corrected chi connectivity index (χ3v) is 4.41. The van der Waals surface area contributed by atoms with Crippen molar-refractivity contribution >= 4 is 0 Å². The van der Waals surface area contributed by atoms with Gasteiger partial charge in [-0.25, -0.2) is 0 Å². The topological polar surface area (TPSA) is 35.9 Å². The van der Waals surface area contributed by atoms with E-state index in [2.05, 4.69) is 41.8 Å². The average molecular weight is 290 g/mol. The highest BCUT2D eigenvalue weighted by Gasteiger charge is 2.30. The van der Waals surface area contributed by atoms with E-state index in [-0.39, 0.29) is 12.2 Å². The number of hydrogen-bond acceptors (Lipinski definition) is 4. The minimum Gasteiger partial charge on any atom is -0.487 e. The molecule has 4 nitrogen and oxygen atoms in total. The van der Waals surface area contributed by atoms with E-state index in [1.165, 1.54) is 11.1 Å². The Morgan fingerprint density at radius 1 is 1.14 bits per heavy atom. The molecular weight excluding hydrogens is 264 g/mol. The van der Waals surface area contributed by atoms with E-state index in [4.69, 9.17) is 9.84 Å². The number of benzene rings is 1. The molecule has 4 heteroatoms. The van der Waals surface area contributed by atoms with Crippen LogP contribution in [0.15, 0.2) is 18.2 Å². The number of piperazine rings is 1. The van der Waals surface area contributed by atoms with E-state index >= 15 is 0 Å². The summed E-state index contributed by atoms with van der Waals surface area (Å²) >= 11 is 0. The van der Waals surface area contributed by atoms with Crippen molar-refractivity contribution in [3.05, 3.63) is 29.3 Å². The maximum atomic E-state index is 8.98. The summed E-state index contributed by atoms with van der Waals surface area (Å²) < 4.78 is 5.94. The Bertz CT molecular complexity index is 494. The van der Waals surface area contributed by atoms with Crippen molar-refractivity contribution < 1.29 is 9.84 Å². The molecule has 2 heterocycles. The van der Waals surface area contributed by atoms with Crippen LogP contribution in [0, 0.1) is 0 Å². The van der Waals surface area contributed by atoms with E-state index in [0.717, 1.165) is 51.4 Å². The molecule has 116 valence electrons. The Morgan fingerprint density at radius 2 is 1.86 bits per heavy atom. The summed E-state index contributed by atoms with van der Waals surface area (Å²) in [6.45, 7) is 10.7. The van der Waals surface area contributed by atoms with E-state index in [1.54, 1.807) is 0 Å². The van der Waals surface area contributed by atoms with Crippen LogP contribution < -0.4 is 4.74 Å². The van der Waals surface area contributed by atoms with Gasteiger partial charge in [-0.3, -0.25) is 9.80 Å². The molecule has 1 N–H and O–H groups in total. The maximum absolute atomic E-state index is 8.98. The first kappa shape index (κ1) is 14.8. The molecule has 0 unspecified atom stereocenters. The minimum absolute atomic E-state index is 0.0587. The zero-order valence-electron chi connectivity index (χ0n) is 13.1. The van der Waals surface area contributed by atoms with E-state index < -0.39 is 0 Å². The molecule has 0 aromatic heterocycles. The van der Waals surface area contributed by atoms with Crippen molar-refractivity contribution in [2.45, 2.75) is 32.4 Å². The molecule has 0 saturated carbocycles. The van der Waals surface area contributed by atoms with Gasteiger partial charge in [-0.15, -0.1) is 0 Å². The van der Waals surface area contributed by atoms with Crippen molar-refractivity contribution in [2.75, 3.05) is 39.3 Å². The average Bonchev–Trinajstić information content (AvgIpc) is 2.74. The van der Waals surface area contributed by atoms with Gasteiger partial charge in [0.25, 0.3) is 0 Å². The smallest absolute Gasteiger partial charge is 0.123 e. The van der Waals surface area contributed by atoms with Gasteiger partial charge in [-0.05, 0) is 31.0 Å². The van der Waals surface area contributed by atoms with Crippen LogP contribution in [0.2, 0.25) is 0 Å². The fourth-order valence-electron chi connectivity index (χ4n) is 3.33. The van der Waals surface area contributed by atoms with Crippen LogP contribution in [0.3, 0.4) is 0 Å². The molecule has 1 saturated heterocycles. The second-order valence-electron chi connectivity index (χ2n) is 6.82.